The van der Waals surface area contributed by atoms with Crippen molar-refractivity contribution in [1.82, 2.24) is 64.6 Å². The monoisotopic (exact) mass is 995 g/mol. The van der Waals surface area contributed by atoms with Crippen molar-refractivity contribution >= 4 is 47.0 Å². The fraction of sp³-hybridized carbons (Fsp3) is 0.468. The summed E-state index contributed by atoms with van der Waals surface area (Å²) < 4.78 is 82.4. The number of nitrogens with zero attached hydrogens (tertiary/aromatic N) is 10. The third-order valence-corrected chi connectivity index (χ3v) is 14.2. The normalized spacial score (nSPS) is 26.3. The zero-order chi connectivity index (χ0) is 49.6. The Bertz CT molecular complexity index is 3190. The van der Waals surface area contributed by atoms with E-state index in [0.717, 1.165) is 30.4 Å². The average Bonchev–Trinajstić information content (AvgIpc) is 4.18. The Kier molecular flexibility index (Phi) is 11.1. The zero-order valence-corrected chi connectivity index (χ0v) is 39.3. The van der Waals surface area contributed by atoms with E-state index in [1.165, 1.54) is 6.20 Å². The van der Waals surface area contributed by atoms with Crippen molar-refractivity contribution < 1.29 is 46.0 Å². The number of amides is 2. The molecule has 376 valence electrons. The maximum atomic E-state index is 16.5. The molecule has 0 radical (unpaired) electrons. The van der Waals surface area contributed by atoms with Gasteiger partial charge in [0.25, 0.3) is 5.92 Å². The summed E-state index contributed by atoms with van der Waals surface area (Å²) in [5.74, 6) is -1.64. The van der Waals surface area contributed by atoms with Gasteiger partial charge >= 0.3 is 24.0 Å². The molecular weight excluding hydrogens is 945 g/mol. The summed E-state index contributed by atoms with van der Waals surface area (Å²) in [6.07, 6.45) is 5.46. The van der Waals surface area contributed by atoms with Crippen LogP contribution in [0.5, 0.6) is 0 Å². The number of fused-ring (bicyclic) bond motifs is 2. The Balaban J connectivity index is 0.891. The number of carbonyl (C=O) groups excluding carboxylic acids is 2. The van der Waals surface area contributed by atoms with Crippen LogP contribution < -0.4 is 25.9 Å². The molecular formula is C47H51F4N16O5+. The summed E-state index contributed by atoms with van der Waals surface area (Å²) in [4.78, 5) is 50.4. The number of aromatic amines is 2. The fourth-order valence-corrected chi connectivity index (χ4v) is 10.7. The van der Waals surface area contributed by atoms with Crippen LogP contribution in [0.1, 0.15) is 80.7 Å². The van der Waals surface area contributed by atoms with Gasteiger partial charge in [-0.15, -0.1) is 4.68 Å². The van der Waals surface area contributed by atoms with Gasteiger partial charge in [0, 0.05) is 77.9 Å². The van der Waals surface area contributed by atoms with Crippen molar-refractivity contribution in [2.45, 2.75) is 113 Å². The second kappa shape index (κ2) is 17.4. The number of nitrogens with one attached hydrogen (secondary N) is 6. The Labute approximate surface area is 407 Å². The molecule has 6 atom stereocenters. The molecule has 6 fully saturated rings. The summed E-state index contributed by atoms with van der Waals surface area (Å²) >= 11 is 0. The van der Waals surface area contributed by atoms with Gasteiger partial charge in [0.1, 0.15) is 18.4 Å². The molecule has 2 aliphatic heterocycles. The van der Waals surface area contributed by atoms with E-state index < -0.39 is 67.8 Å². The van der Waals surface area contributed by atoms with Crippen molar-refractivity contribution in [2.24, 2.45) is 5.92 Å². The Morgan fingerprint density at radius 2 is 1.76 bits per heavy atom. The third kappa shape index (κ3) is 8.35. The van der Waals surface area contributed by atoms with Gasteiger partial charge in [-0.05, 0) is 64.9 Å². The molecule has 6 aliphatic rings. The van der Waals surface area contributed by atoms with Gasteiger partial charge in [-0.1, -0.05) is 6.07 Å². The molecule has 7 aromatic heterocycles. The van der Waals surface area contributed by atoms with E-state index >= 15 is 8.78 Å². The minimum absolute atomic E-state index is 0.0909. The molecule has 25 heteroatoms. The molecule has 7 aromatic rings. The minimum atomic E-state index is -2.82. The van der Waals surface area contributed by atoms with Crippen molar-refractivity contribution in [3.63, 3.8) is 0 Å². The molecule has 0 spiro atoms. The van der Waals surface area contributed by atoms with Crippen molar-refractivity contribution in [3.05, 3.63) is 84.2 Å². The van der Waals surface area contributed by atoms with Crippen LogP contribution in [0.25, 0.3) is 28.1 Å². The van der Waals surface area contributed by atoms with Crippen LogP contribution in [0, 0.1) is 12.8 Å². The topological polar surface area (TPSA) is 235 Å². The summed E-state index contributed by atoms with van der Waals surface area (Å²) in [6, 6.07) is 6.89. The SMILES string of the molecule is Cc1nc(Nc2cc([C@@H]3OC[C@H](OC(=O)NC45CC(C4)C5)[C@@H]3F)[nH][n+]2-c2cnc(Nc3cc([C@H]4CC[C@@H](OC(=O)NC(C)C)[C@@H]4F)[nH]n3)n3cc(CN4CC(F)(F)C4)nc23)n2ccnc2c1-c1cccnc1. The lowest BCUT2D eigenvalue weighted by molar-refractivity contribution is -0.641. The molecule has 72 heavy (non-hydrogen) atoms. The number of alkyl halides is 4. The number of H-pyrrole nitrogens is 2. The number of imidazole rings is 2. The van der Waals surface area contributed by atoms with Crippen molar-refractivity contribution in [2.75, 3.05) is 30.3 Å². The van der Waals surface area contributed by atoms with E-state index in [0.29, 0.717) is 64.6 Å². The Morgan fingerprint density at radius 3 is 2.51 bits per heavy atom. The van der Waals surface area contributed by atoms with Gasteiger partial charge in [-0.25, -0.2) is 56.9 Å². The van der Waals surface area contributed by atoms with Crippen LogP contribution in [-0.4, -0.2) is 128 Å². The summed E-state index contributed by atoms with van der Waals surface area (Å²) in [5.41, 5.74) is 4.37. The van der Waals surface area contributed by atoms with Crippen molar-refractivity contribution in [3.8, 4) is 16.8 Å². The van der Waals surface area contributed by atoms with Crippen LogP contribution in [-0.2, 0) is 20.8 Å². The molecule has 9 heterocycles. The highest BCUT2D eigenvalue weighted by Gasteiger charge is 2.58. The van der Waals surface area contributed by atoms with Crippen LogP contribution in [0.2, 0.25) is 0 Å². The van der Waals surface area contributed by atoms with Crippen molar-refractivity contribution in [1.29, 1.82) is 0 Å². The number of hydrogen-bond acceptors (Lipinski definition) is 14. The van der Waals surface area contributed by atoms with Gasteiger partial charge in [-0.3, -0.25) is 19.4 Å². The summed E-state index contributed by atoms with van der Waals surface area (Å²) in [7, 11) is 0. The second-order valence-electron chi connectivity index (χ2n) is 19.9. The van der Waals surface area contributed by atoms with Gasteiger partial charge in [-0.2, -0.15) is 10.1 Å². The van der Waals surface area contributed by atoms with Crippen LogP contribution >= 0.6 is 0 Å². The maximum Gasteiger partial charge on any atom is 0.408 e. The minimum Gasteiger partial charge on any atom is -0.443 e. The molecule has 13 rings (SSSR count). The predicted molar refractivity (Wildman–Crippen MR) is 248 cm³/mol. The first-order valence-electron chi connectivity index (χ1n) is 24.0. The highest BCUT2D eigenvalue weighted by atomic mass is 19.3. The van der Waals surface area contributed by atoms with E-state index in [1.807, 2.05) is 19.1 Å². The van der Waals surface area contributed by atoms with E-state index in [2.05, 4.69) is 46.5 Å². The first-order valence-corrected chi connectivity index (χ1v) is 24.0. The lowest BCUT2D eigenvalue weighted by Gasteiger charge is -2.61. The molecule has 2 bridgehead atoms. The number of pyridine rings is 1. The molecule has 2 saturated heterocycles. The molecule has 21 nitrogen and oxygen atoms in total. The van der Waals surface area contributed by atoms with E-state index in [4.69, 9.17) is 29.2 Å². The first-order chi connectivity index (χ1) is 34.6. The number of carbonyl (C=O) groups is 2. The van der Waals surface area contributed by atoms with Crippen LogP contribution in [0.15, 0.2) is 61.4 Å². The second-order valence-corrected chi connectivity index (χ2v) is 19.9. The lowest BCUT2D eigenvalue weighted by atomic mass is 9.50. The highest BCUT2D eigenvalue weighted by Crippen LogP contribution is 2.57. The maximum absolute atomic E-state index is 16.5. The average molecular weight is 996 g/mol. The van der Waals surface area contributed by atoms with Gasteiger partial charge in [0.15, 0.2) is 29.4 Å². The number of likely N-dealkylation sites (tertiary alicyclic amines) is 1. The number of alkyl carbamates (subject to hydrolysis) is 2. The highest BCUT2D eigenvalue weighted by molar-refractivity contribution is 5.80. The van der Waals surface area contributed by atoms with E-state index in [1.54, 1.807) is 75.3 Å². The van der Waals surface area contributed by atoms with Gasteiger partial charge in [0.05, 0.1) is 49.0 Å². The number of aryl methyl sites for hydroxylation is 1. The molecule has 6 N–H and O–H groups in total. The third-order valence-electron chi connectivity index (χ3n) is 14.2. The fourth-order valence-electron chi connectivity index (χ4n) is 10.7. The summed E-state index contributed by atoms with van der Waals surface area (Å²) in [6.45, 7) is 4.45. The Hall–Kier alpha value is -7.41. The number of hydrogen-bond donors (Lipinski definition) is 6. The molecule has 2 amide bonds. The zero-order valence-electron chi connectivity index (χ0n) is 39.3. The van der Waals surface area contributed by atoms with E-state index in [-0.39, 0.29) is 42.2 Å². The smallest absolute Gasteiger partial charge is 0.408 e. The molecule has 4 aliphatic carbocycles. The quantitative estimate of drug-likeness (QED) is 0.0528. The lowest BCUT2D eigenvalue weighted by Crippen LogP contribution is -2.68. The van der Waals surface area contributed by atoms with Crippen LogP contribution in [0.4, 0.5) is 50.7 Å². The number of aromatic nitrogens is 11. The predicted octanol–water partition coefficient (Wildman–Crippen LogP) is 6.18. The van der Waals surface area contributed by atoms with Crippen LogP contribution in [0.3, 0.4) is 0 Å². The summed E-state index contributed by atoms with van der Waals surface area (Å²) in [5, 5.41) is 22.8. The number of halogens is 4. The largest absolute Gasteiger partial charge is 0.443 e. The Morgan fingerprint density at radius 1 is 0.944 bits per heavy atom. The number of ether oxygens (including phenoxy) is 3. The standard InChI is InChI=1S/C47H50F4N16O5/c1-23(2)55-44(68)71-32-7-6-28(37(32)48)29-11-34(62-61-29)58-42-54-17-31(40-57-27(19-66(40)42)18-64-21-47(50,51)22-64)67-35(59-43-56-24(3)36(26-5-4-8-52-16-26)41-53-9-10-65(41)43)12-30(63-67)39-38(49)33(20-70-39)72-45(69)60-46-13-25(14-46)15-46/h4-5,8-12,16-17,19,23,25,28,32-33,37-39H,6-7,13-15,18,20-22H2,1-3H3,(H5,53,54,55,56,57,58,59,60,61,62,63,68,69)/p+1/t25?,28-,32-,33+,37-,38+,39+,46?/m1/s1. The van der Waals surface area contributed by atoms with E-state index in [9.17, 15) is 18.4 Å². The first kappa shape index (κ1) is 45.7. The molecule has 0 aromatic carbocycles. The van der Waals surface area contributed by atoms with Gasteiger partial charge < -0.3 is 30.2 Å². The number of rotatable bonds is 14. The van der Waals surface area contributed by atoms with Gasteiger partial charge in [0.2, 0.25) is 11.6 Å². The number of anilines is 4. The molecule has 0 unspecified atom stereocenters. The molecule has 4 saturated carbocycles.